The highest BCUT2D eigenvalue weighted by Crippen LogP contribution is 2.40. The highest BCUT2D eigenvalue weighted by Gasteiger charge is 2.41. The normalized spacial score (nSPS) is 14.6. The third-order valence-electron chi connectivity index (χ3n) is 9.65. The van der Waals surface area contributed by atoms with Crippen LogP contribution in [-0.2, 0) is 21.5 Å². The van der Waals surface area contributed by atoms with Crippen molar-refractivity contribution >= 4 is 5.97 Å². The second-order valence-electron chi connectivity index (χ2n) is 12.7. The molecule has 1 atom stereocenters. The van der Waals surface area contributed by atoms with Crippen LogP contribution in [0.15, 0.2) is 151 Å². The Morgan fingerprint density at radius 1 is 0.745 bits per heavy atom. The molecule has 256 valence electrons. The number of esters is 1. The van der Waals surface area contributed by atoms with Gasteiger partial charge in [0, 0.05) is 24.2 Å². The van der Waals surface area contributed by atoms with Gasteiger partial charge in [0.15, 0.2) is 5.54 Å². The number of hydrogen-bond acceptors (Lipinski definition) is 7. The van der Waals surface area contributed by atoms with Crippen LogP contribution in [0.3, 0.4) is 0 Å². The van der Waals surface area contributed by atoms with Crippen LogP contribution in [-0.4, -0.2) is 50.9 Å². The quantitative estimate of drug-likeness (QED) is 0.105. The summed E-state index contributed by atoms with van der Waals surface area (Å²) >= 11 is 0. The van der Waals surface area contributed by atoms with E-state index in [9.17, 15) is 4.79 Å². The average molecular weight is 675 g/mol. The van der Waals surface area contributed by atoms with Crippen molar-refractivity contribution in [2.75, 3.05) is 13.7 Å². The van der Waals surface area contributed by atoms with Gasteiger partial charge in [-0.15, -0.1) is 15.0 Å². The zero-order valence-electron chi connectivity index (χ0n) is 29.2. The minimum absolute atomic E-state index is 0.0597. The Kier molecular flexibility index (Phi) is 9.85. The molecule has 0 amide bonds. The van der Waals surface area contributed by atoms with E-state index in [0.717, 1.165) is 69.6 Å². The van der Waals surface area contributed by atoms with E-state index >= 15 is 0 Å². The van der Waals surface area contributed by atoms with Crippen molar-refractivity contribution in [3.8, 4) is 22.5 Å². The molecule has 0 saturated heterocycles. The van der Waals surface area contributed by atoms with E-state index in [-0.39, 0.29) is 12.0 Å². The number of aromatic nitrogens is 4. The molecule has 8 heteroatoms. The van der Waals surface area contributed by atoms with E-state index in [4.69, 9.17) is 20.1 Å². The minimum atomic E-state index is -0.860. The van der Waals surface area contributed by atoms with Crippen molar-refractivity contribution in [2.45, 2.75) is 44.7 Å². The Morgan fingerprint density at radius 2 is 1.29 bits per heavy atom. The summed E-state index contributed by atoms with van der Waals surface area (Å²) in [6, 6.07) is 47.7. The number of carbonyl (C=O) groups is 1. The summed E-state index contributed by atoms with van der Waals surface area (Å²) in [5, 5.41) is 16.8. The average Bonchev–Trinajstić information content (AvgIpc) is 3.82. The molecule has 6 aromatic rings. The molecule has 1 aliphatic heterocycles. The monoisotopic (exact) mass is 674 g/mol. The third-order valence-corrected chi connectivity index (χ3v) is 9.65. The summed E-state index contributed by atoms with van der Waals surface area (Å²) in [5.74, 6) is 0.262. The number of nitrogens with zero attached hydrogens (tertiary/aromatic N) is 5. The van der Waals surface area contributed by atoms with Crippen molar-refractivity contribution in [2.24, 2.45) is 0 Å². The standard InChI is InChI=1S/C43H42N6O2/c1-4-29-48-39(40(42(50)51-3)38(5-2)45-48)30-31-25-27-32(28-26-31)36-23-15-16-24-37(36)41-44-47-49(46-41)43(33-17-9-6-10-18-33,34-19-11-7-12-20-34)35-21-13-8-14-22-35/h6-28,38,45H,4-5,29-30H2,1-3H3. The number of nitrogens with one attached hydrogen (secondary N) is 1. The minimum Gasteiger partial charge on any atom is -0.466 e. The molecule has 0 aliphatic carbocycles. The largest absolute Gasteiger partial charge is 0.466 e. The number of hydrogen-bond donors (Lipinski definition) is 1. The molecule has 0 saturated carbocycles. The van der Waals surface area contributed by atoms with Gasteiger partial charge in [0.05, 0.1) is 18.7 Å². The molecule has 0 radical (unpaired) electrons. The Hall–Kier alpha value is -5.86. The van der Waals surface area contributed by atoms with Crippen LogP contribution in [0, 0.1) is 0 Å². The van der Waals surface area contributed by atoms with Crippen molar-refractivity contribution < 1.29 is 9.53 Å². The predicted octanol–water partition coefficient (Wildman–Crippen LogP) is 7.83. The maximum absolute atomic E-state index is 12.9. The van der Waals surface area contributed by atoms with Crippen LogP contribution in [0.4, 0.5) is 0 Å². The van der Waals surface area contributed by atoms with Gasteiger partial charge in [0.25, 0.3) is 0 Å². The van der Waals surface area contributed by atoms with Gasteiger partial charge in [-0.05, 0) is 51.4 Å². The molecule has 5 aromatic carbocycles. The summed E-state index contributed by atoms with van der Waals surface area (Å²) in [5.41, 5.74) is 11.5. The molecule has 1 N–H and O–H groups in total. The maximum atomic E-state index is 12.9. The van der Waals surface area contributed by atoms with Gasteiger partial charge < -0.3 is 9.75 Å². The van der Waals surface area contributed by atoms with Crippen molar-refractivity contribution in [1.29, 1.82) is 0 Å². The van der Waals surface area contributed by atoms with Gasteiger partial charge in [0.1, 0.15) is 0 Å². The second-order valence-corrected chi connectivity index (χ2v) is 12.7. The topological polar surface area (TPSA) is 85.2 Å². The van der Waals surface area contributed by atoms with E-state index in [2.05, 4.69) is 91.0 Å². The first kappa shape index (κ1) is 33.6. The second kappa shape index (κ2) is 14.9. The lowest BCUT2D eigenvalue weighted by Gasteiger charge is -2.34. The van der Waals surface area contributed by atoms with Crippen LogP contribution in [0.25, 0.3) is 22.5 Å². The zero-order valence-corrected chi connectivity index (χ0v) is 29.2. The number of allylic oxidation sites excluding steroid dienone is 1. The number of ether oxygens (including phenoxy) is 1. The Morgan fingerprint density at radius 3 is 1.82 bits per heavy atom. The van der Waals surface area contributed by atoms with E-state index in [1.165, 1.54) is 7.11 Å². The lowest BCUT2D eigenvalue weighted by molar-refractivity contribution is -0.136. The van der Waals surface area contributed by atoms with Crippen LogP contribution >= 0.6 is 0 Å². The van der Waals surface area contributed by atoms with Gasteiger partial charge in [-0.3, -0.25) is 0 Å². The summed E-state index contributed by atoms with van der Waals surface area (Å²) in [6.45, 7) is 5.03. The first-order valence-corrected chi connectivity index (χ1v) is 17.6. The summed E-state index contributed by atoms with van der Waals surface area (Å²) in [7, 11) is 1.45. The highest BCUT2D eigenvalue weighted by molar-refractivity contribution is 5.91. The highest BCUT2D eigenvalue weighted by atomic mass is 16.5. The van der Waals surface area contributed by atoms with E-state index in [0.29, 0.717) is 12.2 Å². The van der Waals surface area contributed by atoms with Crippen molar-refractivity contribution in [3.63, 3.8) is 0 Å². The SMILES string of the molecule is CCCN1NC(CC)C(C(=O)OC)=C1Cc1ccc(-c2ccccc2-c2nnn(C(c3ccccc3)(c3ccccc3)c3ccccc3)n2)cc1. The van der Waals surface area contributed by atoms with E-state index < -0.39 is 5.54 Å². The first-order valence-electron chi connectivity index (χ1n) is 17.6. The Labute approximate surface area is 299 Å². The molecule has 7 rings (SSSR count). The molecule has 1 aliphatic rings. The lowest BCUT2D eigenvalue weighted by Crippen LogP contribution is -2.39. The van der Waals surface area contributed by atoms with Crippen molar-refractivity contribution in [3.05, 3.63) is 173 Å². The predicted molar refractivity (Wildman–Crippen MR) is 200 cm³/mol. The maximum Gasteiger partial charge on any atom is 0.337 e. The smallest absolute Gasteiger partial charge is 0.337 e. The first-order chi connectivity index (χ1) is 25.1. The number of hydrazine groups is 1. The Bertz CT molecular complexity index is 2010. The van der Waals surface area contributed by atoms with Gasteiger partial charge >= 0.3 is 5.97 Å². The molecular formula is C43H42N6O2. The molecular weight excluding hydrogens is 633 g/mol. The summed E-state index contributed by atoms with van der Waals surface area (Å²) < 4.78 is 5.21. The fourth-order valence-corrected chi connectivity index (χ4v) is 7.23. The number of benzene rings is 5. The van der Waals surface area contributed by atoms with Gasteiger partial charge in [-0.2, -0.15) is 0 Å². The van der Waals surface area contributed by atoms with E-state index in [1.807, 2.05) is 72.8 Å². The van der Waals surface area contributed by atoms with Crippen LogP contribution in [0.2, 0.25) is 0 Å². The molecule has 0 bridgehead atoms. The number of carbonyl (C=O) groups excluding carboxylic acids is 1. The van der Waals surface area contributed by atoms with Gasteiger partial charge in [-0.25, -0.2) is 10.2 Å². The molecule has 1 unspecified atom stereocenters. The van der Waals surface area contributed by atoms with Crippen LogP contribution in [0.5, 0.6) is 0 Å². The molecule has 8 nitrogen and oxygen atoms in total. The fourth-order valence-electron chi connectivity index (χ4n) is 7.23. The van der Waals surface area contributed by atoms with E-state index in [1.54, 1.807) is 4.80 Å². The van der Waals surface area contributed by atoms with Gasteiger partial charge in [0.2, 0.25) is 5.82 Å². The Balaban J connectivity index is 1.27. The molecule has 0 spiro atoms. The van der Waals surface area contributed by atoms with Crippen LogP contribution < -0.4 is 5.43 Å². The zero-order chi connectivity index (χ0) is 35.2. The van der Waals surface area contributed by atoms with Crippen LogP contribution in [0.1, 0.15) is 48.9 Å². The fraction of sp³-hybridized carbons (Fsp3) is 0.209. The lowest BCUT2D eigenvalue weighted by atomic mass is 9.77. The summed E-state index contributed by atoms with van der Waals surface area (Å²) in [6.07, 6.45) is 2.37. The van der Waals surface area contributed by atoms with Gasteiger partial charge in [-0.1, -0.05) is 153 Å². The summed E-state index contributed by atoms with van der Waals surface area (Å²) in [4.78, 5) is 14.6. The molecule has 1 aromatic heterocycles. The molecule has 0 fully saturated rings. The molecule has 2 heterocycles. The number of rotatable bonds is 12. The third kappa shape index (κ3) is 6.35. The molecule has 51 heavy (non-hydrogen) atoms. The number of tetrazole rings is 1. The van der Waals surface area contributed by atoms with Crippen molar-refractivity contribution in [1.82, 2.24) is 30.6 Å². The number of methoxy groups -OCH3 is 1.